The van der Waals surface area contributed by atoms with E-state index in [1.165, 1.54) is 7.11 Å². The van der Waals surface area contributed by atoms with Crippen molar-refractivity contribution in [1.82, 2.24) is 5.32 Å². The first kappa shape index (κ1) is 17.7. The van der Waals surface area contributed by atoms with Gasteiger partial charge in [0.2, 0.25) is 0 Å². The highest BCUT2D eigenvalue weighted by Crippen LogP contribution is 2.16. The number of benzene rings is 2. The molecule has 0 unspecified atom stereocenters. The van der Waals surface area contributed by atoms with Crippen LogP contribution in [0.4, 0.5) is 5.69 Å². The molecule has 0 aliphatic heterocycles. The average molecular weight is 389 g/mol. The van der Waals surface area contributed by atoms with Gasteiger partial charge in [-0.05, 0) is 29.8 Å². The number of methoxy groups -OCH3 is 1. The minimum Gasteiger partial charge on any atom is -0.466 e. The molecule has 124 valence electrons. The molecule has 0 spiro atoms. The lowest BCUT2D eigenvalue weighted by molar-refractivity contribution is -0.135. The van der Waals surface area contributed by atoms with Crippen LogP contribution in [0.1, 0.15) is 5.56 Å². The Balaban J connectivity index is 2.10. The second-order valence-electron chi connectivity index (χ2n) is 4.88. The zero-order valence-corrected chi connectivity index (χ0v) is 14.7. The molecule has 0 saturated heterocycles. The van der Waals surface area contributed by atoms with Gasteiger partial charge in [0.05, 0.1) is 13.2 Å². The molecule has 2 rings (SSSR count). The SMILES string of the molecule is COC(=O)/C=C(\Nc1ccc(Br)cc1)C(=O)NCc1ccccc1. The Morgan fingerprint density at radius 2 is 1.75 bits per heavy atom. The third-order valence-electron chi connectivity index (χ3n) is 3.13. The fraction of sp³-hybridized carbons (Fsp3) is 0.111. The summed E-state index contributed by atoms with van der Waals surface area (Å²) in [5.74, 6) is -1.00. The topological polar surface area (TPSA) is 67.4 Å². The van der Waals surface area contributed by atoms with Crippen molar-refractivity contribution in [3.63, 3.8) is 0 Å². The molecule has 0 aromatic heterocycles. The smallest absolute Gasteiger partial charge is 0.332 e. The van der Waals surface area contributed by atoms with Crippen molar-refractivity contribution in [2.24, 2.45) is 0 Å². The van der Waals surface area contributed by atoms with Crippen molar-refractivity contribution in [3.8, 4) is 0 Å². The Labute approximate surface area is 148 Å². The summed E-state index contributed by atoms with van der Waals surface area (Å²) in [6, 6.07) is 16.8. The lowest BCUT2D eigenvalue weighted by Crippen LogP contribution is -2.28. The average Bonchev–Trinajstić information content (AvgIpc) is 2.61. The standard InChI is InChI=1S/C18H17BrN2O3/c1-24-17(22)11-16(21-15-9-7-14(19)8-10-15)18(23)20-12-13-5-3-2-4-6-13/h2-11,21H,12H2,1H3,(H,20,23)/b16-11-. The van der Waals surface area contributed by atoms with Gasteiger partial charge in [-0.2, -0.15) is 0 Å². The van der Waals surface area contributed by atoms with Crippen molar-refractivity contribution in [3.05, 3.63) is 76.4 Å². The molecule has 1 amide bonds. The Morgan fingerprint density at radius 3 is 2.38 bits per heavy atom. The van der Waals surface area contributed by atoms with Crippen LogP contribution in [0.5, 0.6) is 0 Å². The van der Waals surface area contributed by atoms with Crippen LogP contribution in [0.15, 0.2) is 70.8 Å². The highest BCUT2D eigenvalue weighted by atomic mass is 79.9. The number of anilines is 1. The lowest BCUT2D eigenvalue weighted by Gasteiger charge is -2.12. The molecule has 0 saturated carbocycles. The first-order chi connectivity index (χ1) is 11.6. The van der Waals surface area contributed by atoms with Crippen LogP contribution < -0.4 is 10.6 Å². The van der Waals surface area contributed by atoms with Crippen LogP contribution in [0.2, 0.25) is 0 Å². The Bertz CT molecular complexity index is 728. The molecule has 24 heavy (non-hydrogen) atoms. The summed E-state index contributed by atoms with van der Waals surface area (Å²) in [6.45, 7) is 0.361. The minimum atomic E-state index is -0.607. The van der Waals surface area contributed by atoms with Crippen molar-refractivity contribution >= 4 is 33.5 Å². The molecule has 2 N–H and O–H groups in total. The fourth-order valence-electron chi connectivity index (χ4n) is 1.90. The summed E-state index contributed by atoms with van der Waals surface area (Å²) in [5.41, 5.74) is 1.76. The summed E-state index contributed by atoms with van der Waals surface area (Å²) in [6.07, 6.45) is 1.13. The van der Waals surface area contributed by atoms with Crippen LogP contribution >= 0.6 is 15.9 Å². The van der Waals surface area contributed by atoms with E-state index in [0.717, 1.165) is 16.1 Å². The number of amides is 1. The number of carbonyl (C=O) groups excluding carboxylic acids is 2. The number of nitrogens with one attached hydrogen (secondary N) is 2. The first-order valence-corrected chi connectivity index (χ1v) is 8.02. The lowest BCUT2D eigenvalue weighted by atomic mass is 10.2. The van der Waals surface area contributed by atoms with Gasteiger partial charge in [0, 0.05) is 16.7 Å². The van der Waals surface area contributed by atoms with E-state index in [4.69, 9.17) is 0 Å². The second kappa shape index (κ2) is 8.88. The molecule has 0 radical (unpaired) electrons. The predicted octanol–water partition coefficient (Wildman–Crippen LogP) is 3.23. The van der Waals surface area contributed by atoms with Gasteiger partial charge in [0.15, 0.2) is 0 Å². The minimum absolute atomic E-state index is 0.111. The summed E-state index contributed by atoms with van der Waals surface area (Å²) in [4.78, 5) is 23.9. The van der Waals surface area contributed by atoms with E-state index in [-0.39, 0.29) is 5.70 Å². The molecule has 6 heteroatoms. The highest BCUT2D eigenvalue weighted by molar-refractivity contribution is 9.10. The molecule has 0 aliphatic carbocycles. The van der Waals surface area contributed by atoms with E-state index in [9.17, 15) is 9.59 Å². The number of rotatable bonds is 6. The molecule has 2 aromatic rings. The number of halogens is 1. The molecule has 0 heterocycles. The fourth-order valence-corrected chi connectivity index (χ4v) is 2.16. The molecular formula is C18H17BrN2O3. The largest absolute Gasteiger partial charge is 0.466 e. The van der Waals surface area contributed by atoms with Gasteiger partial charge in [-0.25, -0.2) is 4.79 Å². The maximum atomic E-state index is 12.4. The second-order valence-corrected chi connectivity index (χ2v) is 5.80. The monoisotopic (exact) mass is 388 g/mol. The zero-order chi connectivity index (χ0) is 17.4. The van der Waals surface area contributed by atoms with Crippen LogP contribution in [-0.2, 0) is 20.9 Å². The summed E-state index contributed by atoms with van der Waals surface area (Å²) >= 11 is 3.35. The van der Waals surface area contributed by atoms with Crippen molar-refractivity contribution in [1.29, 1.82) is 0 Å². The van der Waals surface area contributed by atoms with E-state index in [2.05, 4.69) is 31.3 Å². The molecular weight excluding hydrogens is 372 g/mol. The molecule has 0 aliphatic rings. The predicted molar refractivity (Wildman–Crippen MR) is 96.2 cm³/mol. The maximum Gasteiger partial charge on any atom is 0.332 e. The number of hydrogen-bond donors (Lipinski definition) is 2. The number of esters is 1. The Kier molecular flexibility index (Phi) is 6.57. The summed E-state index contributed by atoms with van der Waals surface area (Å²) < 4.78 is 5.52. The van der Waals surface area contributed by atoms with Crippen molar-refractivity contribution in [2.45, 2.75) is 6.54 Å². The van der Waals surface area contributed by atoms with Gasteiger partial charge in [-0.3, -0.25) is 4.79 Å². The van der Waals surface area contributed by atoms with E-state index >= 15 is 0 Å². The third-order valence-corrected chi connectivity index (χ3v) is 3.66. The van der Waals surface area contributed by atoms with E-state index in [0.29, 0.717) is 12.2 Å². The van der Waals surface area contributed by atoms with Gasteiger partial charge in [0.1, 0.15) is 5.70 Å². The van der Waals surface area contributed by atoms with Gasteiger partial charge < -0.3 is 15.4 Å². The van der Waals surface area contributed by atoms with Crippen molar-refractivity contribution in [2.75, 3.05) is 12.4 Å². The van der Waals surface area contributed by atoms with Crippen LogP contribution in [-0.4, -0.2) is 19.0 Å². The van der Waals surface area contributed by atoms with Gasteiger partial charge in [0.25, 0.3) is 5.91 Å². The van der Waals surface area contributed by atoms with E-state index in [1.807, 2.05) is 42.5 Å². The Morgan fingerprint density at radius 1 is 1.08 bits per heavy atom. The van der Waals surface area contributed by atoms with E-state index < -0.39 is 11.9 Å². The molecule has 0 bridgehead atoms. The van der Waals surface area contributed by atoms with Gasteiger partial charge >= 0.3 is 5.97 Å². The normalized spacial score (nSPS) is 10.8. The molecule has 2 aromatic carbocycles. The van der Waals surface area contributed by atoms with Crippen LogP contribution in [0.3, 0.4) is 0 Å². The quantitative estimate of drug-likeness (QED) is 0.588. The van der Waals surface area contributed by atoms with Gasteiger partial charge in [-0.1, -0.05) is 46.3 Å². The molecule has 0 atom stereocenters. The highest BCUT2D eigenvalue weighted by Gasteiger charge is 2.12. The number of ether oxygens (including phenoxy) is 1. The summed E-state index contributed by atoms with van der Waals surface area (Å²) in [5, 5.41) is 5.71. The van der Waals surface area contributed by atoms with E-state index in [1.54, 1.807) is 12.1 Å². The van der Waals surface area contributed by atoms with Gasteiger partial charge in [-0.15, -0.1) is 0 Å². The number of carbonyl (C=O) groups is 2. The molecule has 5 nitrogen and oxygen atoms in total. The number of hydrogen-bond acceptors (Lipinski definition) is 4. The van der Waals surface area contributed by atoms with Crippen LogP contribution in [0.25, 0.3) is 0 Å². The Hall–Kier alpha value is -2.60. The maximum absolute atomic E-state index is 12.4. The zero-order valence-electron chi connectivity index (χ0n) is 13.1. The first-order valence-electron chi connectivity index (χ1n) is 7.23. The van der Waals surface area contributed by atoms with Crippen LogP contribution in [0, 0.1) is 0 Å². The van der Waals surface area contributed by atoms with Crippen molar-refractivity contribution < 1.29 is 14.3 Å². The summed E-state index contributed by atoms with van der Waals surface area (Å²) in [7, 11) is 1.26. The third kappa shape index (κ3) is 5.55. The molecule has 0 fully saturated rings.